The maximum atomic E-state index is 12.0. The first-order valence-corrected chi connectivity index (χ1v) is 4.84. The van der Waals surface area contributed by atoms with E-state index in [2.05, 4.69) is 5.32 Å². The molecule has 10 heteroatoms. The minimum absolute atomic E-state index is 0.379. The van der Waals surface area contributed by atoms with Crippen LogP contribution in [-0.2, 0) is 9.59 Å². The Morgan fingerprint density at radius 2 is 1.78 bits per heavy atom. The van der Waals surface area contributed by atoms with E-state index in [9.17, 15) is 33.0 Å². The van der Waals surface area contributed by atoms with Crippen LogP contribution in [0.2, 0.25) is 0 Å². The molecule has 0 saturated carbocycles. The van der Waals surface area contributed by atoms with Gasteiger partial charge < -0.3 is 20.6 Å². The average Bonchev–Trinajstić information content (AvgIpc) is 2.22. The molecule has 18 heavy (non-hydrogen) atoms. The van der Waals surface area contributed by atoms with Crippen LogP contribution in [0.3, 0.4) is 0 Å². The summed E-state index contributed by atoms with van der Waals surface area (Å²) < 4.78 is 35.9. The number of carboxylic acids is 1. The molecule has 0 aromatic carbocycles. The Balaban J connectivity index is 2.67. The van der Waals surface area contributed by atoms with Crippen LogP contribution >= 0.6 is 0 Å². The first-order valence-electron chi connectivity index (χ1n) is 4.84. The molecule has 1 aliphatic rings. The van der Waals surface area contributed by atoms with Crippen molar-refractivity contribution in [2.24, 2.45) is 5.92 Å². The maximum absolute atomic E-state index is 12.0. The highest BCUT2D eigenvalue weighted by molar-refractivity contribution is 5.82. The van der Waals surface area contributed by atoms with Crippen molar-refractivity contribution in [1.29, 1.82) is 0 Å². The molecular weight excluding hydrogens is 261 g/mol. The summed E-state index contributed by atoms with van der Waals surface area (Å²) in [4.78, 5) is 21.2. The Morgan fingerprint density at radius 1 is 1.22 bits per heavy atom. The van der Waals surface area contributed by atoms with E-state index in [1.54, 1.807) is 0 Å². The van der Waals surface area contributed by atoms with Crippen molar-refractivity contribution in [1.82, 2.24) is 10.6 Å². The lowest BCUT2D eigenvalue weighted by atomic mass is 9.92. The zero-order chi connectivity index (χ0) is 14.1. The molecule has 0 spiro atoms. The fourth-order valence-corrected chi connectivity index (χ4v) is 1.52. The standard InChI is InChI=1S/C8H11F3N2O5/c9-8(10,11)7(18)13-5-4(15)3(14)2(1-12-5)6(16)17/h2-5,12,14-15H,1H2,(H,13,18)(H,16,17)/t2-,3+,4-,5-/m0/s1. The van der Waals surface area contributed by atoms with Crippen molar-refractivity contribution in [3.63, 3.8) is 0 Å². The molecular formula is C8H11F3N2O5. The largest absolute Gasteiger partial charge is 0.481 e. The van der Waals surface area contributed by atoms with Gasteiger partial charge in [-0.2, -0.15) is 13.2 Å². The number of hydrogen-bond acceptors (Lipinski definition) is 5. The van der Waals surface area contributed by atoms with Crippen LogP contribution in [0.25, 0.3) is 0 Å². The third kappa shape index (κ3) is 3.09. The predicted octanol–water partition coefficient (Wildman–Crippen LogP) is -1.98. The van der Waals surface area contributed by atoms with Crippen LogP contribution in [0.1, 0.15) is 0 Å². The van der Waals surface area contributed by atoms with Crippen molar-refractivity contribution in [2.75, 3.05) is 6.54 Å². The highest BCUT2D eigenvalue weighted by Gasteiger charge is 2.45. The molecule has 5 N–H and O–H groups in total. The fraction of sp³-hybridized carbons (Fsp3) is 0.750. The summed E-state index contributed by atoms with van der Waals surface area (Å²) in [7, 11) is 0. The molecule has 1 amide bonds. The number of aliphatic hydroxyl groups is 2. The van der Waals surface area contributed by atoms with Crippen LogP contribution < -0.4 is 10.6 Å². The number of hydrogen-bond donors (Lipinski definition) is 5. The molecule has 104 valence electrons. The van der Waals surface area contributed by atoms with Gasteiger partial charge in [-0.05, 0) is 0 Å². The molecule has 1 rings (SSSR count). The molecule has 0 bridgehead atoms. The summed E-state index contributed by atoms with van der Waals surface area (Å²) in [6, 6.07) is 0. The van der Waals surface area contributed by atoms with Gasteiger partial charge in [0.2, 0.25) is 0 Å². The normalized spacial score (nSPS) is 32.9. The number of aliphatic carboxylic acids is 1. The van der Waals surface area contributed by atoms with E-state index in [-0.39, 0.29) is 6.54 Å². The highest BCUT2D eigenvalue weighted by atomic mass is 19.4. The number of amides is 1. The lowest BCUT2D eigenvalue weighted by molar-refractivity contribution is -0.177. The van der Waals surface area contributed by atoms with Gasteiger partial charge in [-0.25, -0.2) is 0 Å². The monoisotopic (exact) mass is 272 g/mol. The molecule has 4 atom stereocenters. The number of halogens is 3. The van der Waals surface area contributed by atoms with E-state index in [1.807, 2.05) is 0 Å². The fourth-order valence-electron chi connectivity index (χ4n) is 1.52. The first kappa shape index (κ1) is 14.7. The van der Waals surface area contributed by atoms with Gasteiger partial charge in [0.05, 0.1) is 12.0 Å². The van der Waals surface area contributed by atoms with E-state index < -0.39 is 42.3 Å². The number of nitrogens with one attached hydrogen (secondary N) is 2. The van der Waals surface area contributed by atoms with Crippen molar-refractivity contribution < 1.29 is 38.1 Å². The topological polar surface area (TPSA) is 119 Å². The molecule has 1 heterocycles. The average molecular weight is 272 g/mol. The molecule has 0 aromatic rings. The minimum atomic E-state index is -5.13. The van der Waals surface area contributed by atoms with E-state index in [0.717, 1.165) is 0 Å². The van der Waals surface area contributed by atoms with Crippen LogP contribution in [0, 0.1) is 5.92 Å². The van der Waals surface area contributed by atoms with Crippen molar-refractivity contribution in [3.8, 4) is 0 Å². The van der Waals surface area contributed by atoms with Crippen LogP contribution in [0.5, 0.6) is 0 Å². The Morgan fingerprint density at radius 3 is 2.22 bits per heavy atom. The molecule has 0 unspecified atom stereocenters. The van der Waals surface area contributed by atoms with Crippen LogP contribution in [0.15, 0.2) is 0 Å². The maximum Gasteiger partial charge on any atom is 0.471 e. The summed E-state index contributed by atoms with van der Waals surface area (Å²) in [6.07, 6.45) is -10.3. The Hall–Kier alpha value is -1.39. The molecule has 0 aromatic heterocycles. The molecule has 1 fully saturated rings. The van der Waals surface area contributed by atoms with Gasteiger partial charge in [-0.1, -0.05) is 0 Å². The number of piperidine rings is 1. The Bertz CT molecular complexity index is 348. The lowest BCUT2D eigenvalue weighted by Gasteiger charge is -2.36. The first-order chi connectivity index (χ1) is 8.14. The number of carbonyl (C=O) groups is 2. The van der Waals surface area contributed by atoms with Crippen molar-refractivity contribution in [2.45, 2.75) is 24.6 Å². The van der Waals surface area contributed by atoms with Gasteiger partial charge in [0.25, 0.3) is 0 Å². The van der Waals surface area contributed by atoms with Gasteiger partial charge in [-0.15, -0.1) is 0 Å². The number of alkyl halides is 3. The summed E-state index contributed by atoms with van der Waals surface area (Å²) in [5.74, 6) is -5.06. The van der Waals surface area contributed by atoms with Crippen LogP contribution in [-0.4, -0.2) is 58.3 Å². The zero-order valence-corrected chi connectivity index (χ0v) is 8.81. The second-order valence-electron chi connectivity index (χ2n) is 3.78. The van der Waals surface area contributed by atoms with Crippen molar-refractivity contribution >= 4 is 11.9 Å². The van der Waals surface area contributed by atoms with Crippen molar-refractivity contribution in [3.05, 3.63) is 0 Å². The van der Waals surface area contributed by atoms with Crippen LogP contribution in [0.4, 0.5) is 13.2 Å². The van der Waals surface area contributed by atoms with E-state index in [4.69, 9.17) is 5.11 Å². The van der Waals surface area contributed by atoms with E-state index in [0.29, 0.717) is 0 Å². The zero-order valence-electron chi connectivity index (χ0n) is 8.81. The molecule has 1 saturated heterocycles. The van der Waals surface area contributed by atoms with Gasteiger partial charge >= 0.3 is 18.1 Å². The molecule has 0 radical (unpaired) electrons. The predicted molar refractivity (Wildman–Crippen MR) is 49.1 cm³/mol. The Kier molecular flexibility index (Phi) is 4.14. The van der Waals surface area contributed by atoms with Gasteiger partial charge in [0.1, 0.15) is 12.3 Å². The number of carbonyl (C=O) groups excluding carboxylic acids is 1. The lowest BCUT2D eigenvalue weighted by Crippen LogP contribution is -2.66. The minimum Gasteiger partial charge on any atom is -0.481 e. The number of aliphatic hydroxyl groups excluding tert-OH is 2. The number of carboxylic acid groups (broad SMARTS) is 1. The second-order valence-corrected chi connectivity index (χ2v) is 3.78. The summed E-state index contributed by atoms with van der Waals surface area (Å²) >= 11 is 0. The number of rotatable bonds is 2. The third-order valence-electron chi connectivity index (χ3n) is 2.52. The van der Waals surface area contributed by atoms with E-state index >= 15 is 0 Å². The molecule has 0 aliphatic carbocycles. The summed E-state index contributed by atoms with van der Waals surface area (Å²) in [6.45, 7) is -0.379. The quantitative estimate of drug-likeness (QED) is 0.397. The smallest absolute Gasteiger partial charge is 0.471 e. The van der Waals surface area contributed by atoms with Gasteiger partial charge in [0, 0.05) is 6.54 Å². The van der Waals surface area contributed by atoms with E-state index in [1.165, 1.54) is 5.32 Å². The van der Waals surface area contributed by atoms with Gasteiger partial charge in [-0.3, -0.25) is 14.9 Å². The third-order valence-corrected chi connectivity index (χ3v) is 2.52. The molecule has 1 aliphatic heterocycles. The molecule has 7 nitrogen and oxygen atoms in total. The van der Waals surface area contributed by atoms with Gasteiger partial charge in [0.15, 0.2) is 0 Å². The second kappa shape index (κ2) is 5.08. The summed E-state index contributed by atoms with van der Waals surface area (Å²) in [5, 5.41) is 31.1. The SMILES string of the molecule is O=C(O)[C@H]1CN[C@@H](NC(=O)C(F)(F)F)[C@@H](O)[C@@H]1O. The summed E-state index contributed by atoms with van der Waals surface area (Å²) in [5.41, 5.74) is 0. The Labute approximate surface area is 98.6 Å². The highest BCUT2D eigenvalue weighted by Crippen LogP contribution is 2.18.